The maximum absolute atomic E-state index is 12.3. The molecule has 0 aromatic heterocycles. The summed E-state index contributed by atoms with van der Waals surface area (Å²) in [5, 5.41) is 12.4. The average molecular weight is 771 g/mol. The summed E-state index contributed by atoms with van der Waals surface area (Å²) in [5.74, 6) is 5.47. The van der Waals surface area contributed by atoms with E-state index in [1.807, 2.05) is 13.8 Å². The van der Waals surface area contributed by atoms with Gasteiger partial charge in [0.05, 0.1) is 13.0 Å². The molecule has 0 bridgehead atoms. The second kappa shape index (κ2) is 22.1. The van der Waals surface area contributed by atoms with Gasteiger partial charge in [-0.15, -0.1) is 5.06 Å². The molecule has 55 heavy (non-hydrogen) atoms. The Kier molecular flexibility index (Phi) is 18.9. The molecule has 4 aliphatic carbocycles. The van der Waals surface area contributed by atoms with Crippen molar-refractivity contribution in [1.29, 1.82) is 0 Å². The summed E-state index contributed by atoms with van der Waals surface area (Å²) in [6, 6.07) is 0. The lowest BCUT2D eigenvalue weighted by Crippen LogP contribution is -2.45. The summed E-state index contributed by atoms with van der Waals surface area (Å²) in [6.07, 6.45) is 22.7. The van der Waals surface area contributed by atoms with Crippen molar-refractivity contribution in [2.75, 3.05) is 13.2 Å². The molecule has 0 radical (unpaired) electrons. The lowest BCUT2D eigenvalue weighted by Gasteiger charge is -2.53. The van der Waals surface area contributed by atoms with Crippen LogP contribution in [-0.2, 0) is 24.0 Å². The molecule has 0 spiro atoms. The quantitative estimate of drug-likeness (QED) is 0.134. The van der Waals surface area contributed by atoms with E-state index in [4.69, 9.17) is 5.11 Å². The molecule has 5 aliphatic rings. The van der Waals surface area contributed by atoms with Gasteiger partial charge in [0, 0.05) is 25.8 Å². The number of amides is 3. The SMILES string of the molecule is CC(C)CC(=O)ON1C(=O)CCC1=O.CC(C)CCCC(C)C1CCC2C3CC=C4CC(CC(=O)NCCO)CCC4(C)C3CCCC12C.CCCC(C)C. The minimum atomic E-state index is -0.538. The predicted octanol–water partition coefficient (Wildman–Crippen LogP) is 10.6. The molecule has 8 heteroatoms. The van der Waals surface area contributed by atoms with Crippen molar-refractivity contribution >= 4 is 23.7 Å². The lowest BCUT2D eigenvalue weighted by molar-refractivity contribution is -0.198. The Labute approximate surface area is 336 Å². The van der Waals surface area contributed by atoms with Crippen LogP contribution in [0.2, 0.25) is 0 Å². The number of nitrogens with zero attached hydrogens (tertiary/aromatic N) is 1. The first-order valence-electron chi connectivity index (χ1n) is 22.6. The van der Waals surface area contributed by atoms with Crippen LogP contribution in [0.3, 0.4) is 0 Å². The van der Waals surface area contributed by atoms with Crippen molar-refractivity contribution in [3.63, 3.8) is 0 Å². The van der Waals surface area contributed by atoms with E-state index in [-0.39, 0.29) is 37.7 Å². The molecule has 3 amide bonds. The molecule has 0 aromatic rings. The van der Waals surface area contributed by atoms with E-state index in [1.165, 1.54) is 83.5 Å². The van der Waals surface area contributed by atoms with E-state index >= 15 is 0 Å². The van der Waals surface area contributed by atoms with E-state index in [0.717, 1.165) is 47.8 Å². The number of imide groups is 1. The van der Waals surface area contributed by atoms with E-state index in [9.17, 15) is 19.2 Å². The maximum Gasteiger partial charge on any atom is 0.333 e. The third kappa shape index (κ3) is 13.2. The van der Waals surface area contributed by atoms with Crippen LogP contribution in [0.15, 0.2) is 11.6 Å². The Morgan fingerprint density at radius 1 is 0.891 bits per heavy atom. The molecule has 1 heterocycles. The van der Waals surface area contributed by atoms with Gasteiger partial charge in [0.15, 0.2) is 0 Å². The van der Waals surface area contributed by atoms with Crippen molar-refractivity contribution in [3.05, 3.63) is 11.6 Å². The highest BCUT2D eigenvalue weighted by atomic mass is 16.7. The highest BCUT2D eigenvalue weighted by Gasteiger charge is 2.57. The maximum atomic E-state index is 12.3. The second-order valence-corrected chi connectivity index (χ2v) is 19.9. The van der Waals surface area contributed by atoms with Crippen LogP contribution in [0.25, 0.3) is 0 Å². The number of fused-ring (bicyclic) bond motifs is 5. The van der Waals surface area contributed by atoms with Crippen LogP contribution in [0.4, 0.5) is 0 Å². The largest absolute Gasteiger partial charge is 0.395 e. The zero-order chi connectivity index (χ0) is 40.9. The highest BCUT2D eigenvalue weighted by molar-refractivity contribution is 6.01. The fourth-order valence-electron chi connectivity index (χ4n) is 11.4. The molecule has 5 rings (SSSR count). The van der Waals surface area contributed by atoms with Crippen LogP contribution < -0.4 is 5.32 Å². The van der Waals surface area contributed by atoms with Crippen LogP contribution in [0, 0.1) is 64.1 Å². The standard InChI is InChI=1S/C32H55NO2.C9H13NO4.C6H14/c1-22(2)8-6-9-23(3)27-13-14-29-26-12-11-25-20-24(21-30(35)33-18-19-34)15-17-31(25,4)28(26)10-7-16-32(27,29)5;1-6(2)5-9(13)14-10-7(11)3-4-8(10)12;1-4-5-6(2)3/h11,22-24,26-29,34H,6-10,12-21H2,1-5H3,(H,33,35);6H,3-5H2,1-2H3;6H,4-5H2,1-3H3. The molecule has 3 saturated carbocycles. The van der Waals surface area contributed by atoms with Gasteiger partial charge in [-0.2, -0.15) is 0 Å². The summed E-state index contributed by atoms with van der Waals surface area (Å²) >= 11 is 0. The van der Waals surface area contributed by atoms with Gasteiger partial charge in [0.25, 0.3) is 11.8 Å². The zero-order valence-corrected chi connectivity index (χ0v) is 36.9. The van der Waals surface area contributed by atoms with E-state index in [0.29, 0.717) is 34.8 Å². The molecule has 8 nitrogen and oxygen atoms in total. The van der Waals surface area contributed by atoms with Gasteiger partial charge in [-0.25, -0.2) is 4.79 Å². The van der Waals surface area contributed by atoms with Gasteiger partial charge in [-0.05, 0) is 115 Å². The van der Waals surface area contributed by atoms with Gasteiger partial charge in [-0.1, -0.05) is 119 Å². The van der Waals surface area contributed by atoms with Crippen molar-refractivity contribution in [2.45, 2.75) is 185 Å². The number of rotatable bonds is 14. The fourth-order valence-corrected chi connectivity index (χ4v) is 11.4. The number of allylic oxidation sites excluding steroid dienone is 2. The number of aliphatic hydroxyl groups is 1. The minimum Gasteiger partial charge on any atom is -0.395 e. The Morgan fingerprint density at radius 3 is 2.15 bits per heavy atom. The Hall–Kier alpha value is -2.22. The first-order chi connectivity index (χ1) is 26.0. The topological polar surface area (TPSA) is 113 Å². The number of hydroxylamine groups is 2. The average Bonchev–Trinajstić information content (AvgIpc) is 3.55. The number of nitrogens with one attached hydrogen (secondary N) is 1. The Balaban J connectivity index is 0.000000334. The molecule has 8 unspecified atom stereocenters. The molecule has 316 valence electrons. The smallest absolute Gasteiger partial charge is 0.333 e. The number of carbonyl (C=O) groups excluding carboxylic acids is 4. The third-order valence-electron chi connectivity index (χ3n) is 14.2. The molecule has 4 fully saturated rings. The normalized spacial score (nSPS) is 30.6. The minimum absolute atomic E-state index is 0.0281. The number of aliphatic hydroxyl groups excluding tert-OH is 1. The van der Waals surface area contributed by atoms with E-state index < -0.39 is 17.8 Å². The summed E-state index contributed by atoms with van der Waals surface area (Å²) < 4.78 is 0. The van der Waals surface area contributed by atoms with Gasteiger partial charge >= 0.3 is 5.97 Å². The number of hydrogen-bond donors (Lipinski definition) is 2. The van der Waals surface area contributed by atoms with E-state index in [2.05, 4.69) is 71.6 Å². The third-order valence-corrected chi connectivity index (χ3v) is 14.2. The Bertz CT molecular complexity index is 1260. The van der Waals surface area contributed by atoms with Crippen molar-refractivity contribution < 1.29 is 29.1 Å². The van der Waals surface area contributed by atoms with Crippen molar-refractivity contribution in [1.82, 2.24) is 10.4 Å². The Morgan fingerprint density at radius 2 is 1.56 bits per heavy atom. The molecule has 1 aliphatic heterocycles. The van der Waals surface area contributed by atoms with Crippen LogP contribution in [-0.4, -0.2) is 47.0 Å². The summed E-state index contributed by atoms with van der Waals surface area (Å²) in [6.45, 7) is 23.5. The number of hydrogen-bond acceptors (Lipinski definition) is 6. The molecular formula is C47H82N2O6. The zero-order valence-electron chi connectivity index (χ0n) is 36.9. The van der Waals surface area contributed by atoms with Crippen molar-refractivity contribution in [3.8, 4) is 0 Å². The fraction of sp³-hybridized carbons (Fsp3) is 0.872. The van der Waals surface area contributed by atoms with Gasteiger partial charge < -0.3 is 15.3 Å². The van der Waals surface area contributed by atoms with Crippen LogP contribution >= 0.6 is 0 Å². The molecule has 8 atom stereocenters. The molecule has 2 N–H and O–H groups in total. The number of carbonyl (C=O) groups is 4. The van der Waals surface area contributed by atoms with Crippen LogP contribution in [0.1, 0.15) is 185 Å². The van der Waals surface area contributed by atoms with Gasteiger partial charge in [-0.3, -0.25) is 14.4 Å². The summed E-state index contributed by atoms with van der Waals surface area (Å²) in [5.41, 5.74) is 2.58. The molecular weight excluding hydrogens is 689 g/mol. The molecule has 1 saturated heterocycles. The second-order valence-electron chi connectivity index (χ2n) is 19.9. The molecule has 0 aromatic carbocycles. The van der Waals surface area contributed by atoms with Gasteiger partial charge in [0.2, 0.25) is 5.91 Å². The lowest BCUT2D eigenvalue weighted by atomic mass is 9.52. The van der Waals surface area contributed by atoms with Crippen molar-refractivity contribution in [2.24, 2.45) is 64.1 Å². The first kappa shape index (κ1) is 47.2. The van der Waals surface area contributed by atoms with Crippen LogP contribution in [0.5, 0.6) is 0 Å². The predicted molar refractivity (Wildman–Crippen MR) is 222 cm³/mol. The summed E-state index contributed by atoms with van der Waals surface area (Å²) in [4.78, 5) is 50.1. The van der Waals surface area contributed by atoms with Gasteiger partial charge in [0.1, 0.15) is 0 Å². The summed E-state index contributed by atoms with van der Waals surface area (Å²) in [7, 11) is 0. The highest BCUT2D eigenvalue weighted by Crippen LogP contribution is 2.66. The first-order valence-corrected chi connectivity index (χ1v) is 22.6. The van der Waals surface area contributed by atoms with E-state index in [1.54, 1.807) is 5.57 Å². The monoisotopic (exact) mass is 771 g/mol.